The molecule has 1 aromatic carbocycles. The van der Waals surface area contributed by atoms with Gasteiger partial charge in [0.1, 0.15) is 0 Å². The summed E-state index contributed by atoms with van der Waals surface area (Å²) < 4.78 is 0. The molecule has 1 N–H and O–H groups in total. The molecule has 1 saturated carbocycles. The van der Waals surface area contributed by atoms with Crippen molar-refractivity contribution < 1.29 is 0 Å². The molecule has 1 aliphatic rings. The monoisotopic (exact) mass is 231 g/mol. The van der Waals surface area contributed by atoms with Crippen LogP contribution < -0.4 is 5.32 Å². The van der Waals surface area contributed by atoms with Crippen molar-refractivity contribution in [2.24, 2.45) is 0 Å². The lowest BCUT2D eigenvalue weighted by molar-refractivity contribution is 0.264. The second-order valence-electron chi connectivity index (χ2n) is 5.63. The van der Waals surface area contributed by atoms with Gasteiger partial charge in [-0.3, -0.25) is 0 Å². The molecule has 0 saturated heterocycles. The summed E-state index contributed by atoms with van der Waals surface area (Å²) in [7, 11) is 0. The highest BCUT2D eigenvalue weighted by atomic mass is 15.0. The number of hydrogen-bond donors (Lipinski definition) is 1. The molecular weight excluding hydrogens is 206 g/mol. The predicted molar refractivity (Wildman–Crippen MR) is 74.4 cm³/mol. The lowest BCUT2D eigenvalue weighted by Crippen LogP contribution is -2.44. The van der Waals surface area contributed by atoms with Crippen molar-refractivity contribution in [1.29, 1.82) is 0 Å². The Morgan fingerprint density at radius 1 is 1.24 bits per heavy atom. The zero-order valence-corrected chi connectivity index (χ0v) is 11.4. The molecule has 94 valence electrons. The predicted octanol–water partition coefficient (Wildman–Crippen LogP) is 4.02. The Kier molecular flexibility index (Phi) is 4.22. The zero-order chi connectivity index (χ0) is 12.3. The molecule has 0 heterocycles. The zero-order valence-electron chi connectivity index (χ0n) is 11.4. The molecule has 0 bridgehead atoms. The molecule has 1 aliphatic carbocycles. The van der Waals surface area contributed by atoms with Crippen LogP contribution in [-0.4, -0.2) is 12.1 Å². The van der Waals surface area contributed by atoms with E-state index in [1.165, 1.54) is 36.8 Å². The molecule has 17 heavy (non-hydrogen) atoms. The van der Waals surface area contributed by atoms with Gasteiger partial charge in [0.15, 0.2) is 0 Å². The molecule has 1 heteroatoms. The standard InChI is InChI=1S/C16H25N/c1-4-5-13(3)17-16-10-15(11-16)14-8-6-12(2)7-9-14/h6-9,13,15-17H,4-5,10-11H2,1-3H3. The maximum atomic E-state index is 3.73. The van der Waals surface area contributed by atoms with Gasteiger partial charge in [-0.2, -0.15) is 0 Å². The van der Waals surface area contributed by atoms with E-state index in [1.54, 1.807) is 0 Å². The van der Waals surface area contributed by atoms with Crippen LogP contribution in [0, 0.1) is 6.92 Å². The van der Waals surface area contributed by atoms with E-state index in [1.807, 2.05) is 0 Å². The summed E-state index contributed by atoms with van der Waals surface area (Å²) in [5.74, 6) is 0.793. The number of nitrogens with one attached hydrogen (secondary N) is 1. The number of hydrogen-bond acceptors (Lipinski definition) is 1. The van der Waals surface area contributed by atoms with Gasteiger partial charge in [0.2, 0.25) is 0 Å². The maximum absolute atomic E-state index is 3.73. The fourth-order valence-corrected chi connectivity index (χ4v) is 2.78. The number of aryl methyl sites for hydroxylation is 1. The van der Waals surface area contributed by atoms with E-state index in [0.29, 0.717) is 6.04 Å². The van der Waals surface area contributed by atoms with Gasteiger partial charge in [0.25, 0.3) is 0 Å². The first-order valence-electron chi connectivity index (χ1n) is 7.01. The number of benzene rings is 1. The van der Waals surface area contributed by atoms with Gasteiger partial charge >= 0.3 is 0 Å². The molecule has 2 rings (SSSR count). The van der Waals surface area contributed by atoms with Crippen molar-refractivity contribution in [3.05, 3.63) is 35.4 Å². The Morgan fingerprint density at radius 3 is 2.47 bits per heavy atom. The second-order valence-corrected chi connectivity index (χ2v) is 5.63. The summed E-state index contributed by atoms with van der Waals surface area (Å²) in [6.07, 6.45) is 5.21. The van der Waals surface area contributed by atoms with E-state index in [0.717, 1.165) is 12.0 Å². The summed E-state index contributed by atoms with van der Waals surface area (Å²) in [5, 5.41) is 3.73. The van der Waals surface area contributed by atoms with Crippen LogP contribution >= 0.6 is 0 Å². The second kappa shape index (κ2) is 5.68. The SMILES string of the molecule is CCCC(C)NC1CC(c2ccc(C)cc2)C1. The van der Waals surface area contributed by atoms with Crippen LogP contribution in [0.1, 0.15) is 56.6 Å². The first kappa shape index (κ1) is 12.6. The van der Waals surface area contributed by atoms with Gasteiger partial charge in [-0.05, 0) is 44.6 Å². The fraction of sp³-hybridized carbons (Fsp3) is 0.625. The Bertz CT molecular complexity index is 335. The molecule has 0 amide bonds. The van der Waals surface area contributed by atoms with E-state index in [-0.39, 0.29) is 0 Å². The van der Waals surface area contributed by atoms with Crippen molar-refractivity contribution in [3.63, 3.8) is 0 Å². The third kappa shape index (κ3) is 3.32. The highest BCUT2D eigenvalue weighted by Gasteiger charge is 2.30. The maximum Gasteiger partial charge on any atom is 0.00812 e. The van der Waals surface area contributed by atoms with Crippen LogP contribution in [0.25, 0.3) is 0 Å². The van der Waals surface area contributed by atoms with Gasteiger partial charge in [0, 0.05) is 12.1 Å². The largest absolute Gasteiger partial charge is 0.311 e. The third-order valence-electron chi connectivity index (χ3n) is 3.93. The van der Waals surface area contributed by atoms with Gasteiger partial charge in [-0.1, -0.05) is 43.2 Å². The van der Waals surface area contributed by atoms with E-state index in [2.05, 4.69) is 50.4 Å². The average molecular weight is 231 g/mol. The van der Waals surface area contributed by atoms with Crippen molar-refractivity contribution >= 4 is 0 Å². The molecule has 0 spiro atoms. The normalized spacial score (nSPS) is 25.4. The third-order valence-corrected chi connectivity index (χ3v) is 3.93. The summed E-state index contributed by atoms with van der Waals surface area (Å²) >= 11 is 0. The van der Waals surface area contributed by atoms with Gasteiger partial charge in [0.05, 0.1) is 0 Å². The molecule has 1 unspecified atom stereocenters. The van der Waals surface area contributed by atoms with Crippen LogP contribution in [0.2, 0.25) is 0 Å². The van der Waals surface area contributed by atoms with Crippen molar-refractivity contribution in [2.45, 2.75) is 64.5 Å². The summed E-state index contributed by atoms with van der Waals surface area (Å²) in [6.45, 7) is 6.72. The first-order chi connectivity index (χ1) is 8.19. The van der Waals surface area contributed by atoms with Crippen LogP contribution in [0.4, 0.5) is 0 Å². The lowest BCUT2D eigenvalue weighted by Gasteiger charge is -2.38. The summed E-state index contributed by atoms with van der Waals surface area (Å²) in [4.78, 5) is 0. The minimum Gasteiger partial charge on any atom is -0.311 e. The highest BCUT2D eigenvalue weighted by Crippen LogP contribution is 2.37. The highest BCUT2D eigenvalue weighted by molar-refractivity contribution is 5.26. The Balaban J connectivity index is 1.77. The minimum atomic E-state index is 0.684. The Morgan fingerprint density at radius 2 is 1.88 bits per heavy atom. The molecule has 1 nitrogen and oxygen atoms in total. The summed E-state index contributed by atoms with van der Waals surface area (Å²) in [6, 6.07) is 10.5. The Labute approximate surface area is 106 Å². The molecule has 1 atom stereocenters. The Hall–Kier alpha value is -0.820. The van der Waals surface area contributed by atoms with Gasteiger partial charge in [-0.25, -0.2) is 0 Å². The minimum absolute atomic E-state index is 0.684. The molecule has 0 radical (unpaired) electrons. The van der Waals surface area contributed by atoms with E-state index < -0.39 is 0 Å². The molecule has 1 fully saturated rings. The average Bonchev–Trinajstić information content (AvgIpc) is 2.25. The van der Waals surface area contributed by atoms with Crippen LogP contribution in [-0.2, 0) is 0 Å². The molecule has 0 aromatic heterocycles. The van der Waals surface area contributed by atoms with Gasteiger partial charge < -0.3 is 5.32 Å². The number of rotatable bonds is 5. The van der Waals surface area contributed by atoms with Crippen LogP contribution in [0.3, 0.4) is 0 Å². The van der Waals surface area contributed by atoms with Crippen molar-refractivity contribution in [1.82, 2.24) is 5.32 Å². The first-order valence-corrected chi connectivity index (χ1v) is 7.01. The van der Waals surface area contributed by atoms with Crippen LogP contribution in [0.5, 0.6) is 0 Å². The van der Waals surface area contributed by atoms with E-state index in [9.17, 15) is 0 Å². The van der Waals surface area contributed by atoms with Gasteiger partial charge in [-0.15, -0.1) is 0 Å². The molecular formula is C16H25N. The van der Waals surface area contributed by atoms with E-state index >= 15 is 0 Å². The topological polar surface area (TPSA) is 12.0 Å². The summed E-state index contributed by atoms with van der Waals surface area (Å²) in [5.41, 5.74) is 2.89. The fourth-order valence-electron chi connectivity index (χ4n) is 2.78. The van der Waals surface area contributed by atoms with Crippen molar-refractivity contribution in [2.75, 3.05) is 0 Å². The smallest absolute Gasteiger partial charge is 0.00812 e. The molecule has 0 aliphatic heterocycles. The van der Waals surface area contributed by atoms with Crippen LogP contribution in [0.15, 0.2) is 24.3 Å². The molecule has 1 aromatic rings. The lowest BCUT2D eigenvalue weighted by atomic mass is 9.75. The van der Waals surface area contributed by atoms with Crippen molar-refractivity contribution in [3.8, 4) is 0 Å². The quantitative estimate of drug-likeness (QED) is 0.807. The van der Waals surface area contributed by atoms with E-state index in [4.69, 9.17) is 0 Å².